The molecule has 5 nitrogen and oxygen atoms in total. The average Bonchev–Trinajstić information content (AvgIpc) is 3.15. The summed E-state index contributed by atoms with van der Waals surface area (Å²) in [5.41, 5.74) is 2.28. The number of nitrogens with zero attached hydrogens (tertiary/aromatic N) is 2. The largest absolute Gasteiger partial charge is 0.416 e. The standard InChI is InChI=1S/C21H22BrN3O2S/c1-14(16-6-4-3-5-7-16)12-20-24-25-21(27-20)28-13-19(26)23-15(2)17-8-10-18(22)11-9-17/h3-11,14-15H,12-13H2,1-2H3,(H,23,26). The van der Waals surface area contributed by atoms with Gasteiger partial charge in [-0.15, -0.1) is 10.2 Å². The highest BCUT2D eigenvalue weighted by Gasteiger charge is 2.15. The molecule has 1 amide bonds. The Kier molecular flexibility index (Phi) is 7.28. The van der Waals surface area contributed by atoms with Gasteiger partial charge in [-0.3, -0.25) is 4.79 Å². The Hall–Kier alpha value is -2.12. The van der Waals surface area contributed by atoms with Crippen molar-refractivity contribution in [2.75, 3.05) is 5.75 Å². The molecule has 28 heavy (non-hydrogen) atoms. The van der Waals surface area contributed by atoms with E-state index in [1.54, 1.807) is 0 Å². The summed E-state index contributed by atoms with van der Waals surface area (Å²) in [6.07, 6.45) is 0.671. The molecule has 1 heterocycles. The van der Waals surface area contributed by atoms with Gasteiger partial charge >= 0.3 is 0 Å². The Morgan fingerprint density at radius 1 is 1.07 bits per heavy atom. The zero-order chi connectivity index (χ0) is 19.9. The van der Waals surface area contributed by atoms with E-state index in [1.165, 1.54) is 17.3 Å². The van der Waals surface area contributed by atoms with Crippen LogP contribution in [-0.4, -0.2) is 21.9 Å². The van der Waals surface area contributed by atoms with E-state index in [1.807, 2.05) is 49.4 Å². The monoisotopic (exact) mass is 459 g/mol. The number of aromatic nitrogens is 2. The molecule has 3 rings (SSSR count). The number of thioether (sulfide) groups is 1. The van der Waals surface area contributed by atoms with Crippen LogP contribution in [0.15, 0.2) is 68.7 Å². The number of amides is 1. The van der Waals surface area contributed by atoms with Crippen molar-refractivity contribution in [2.24, 2.45) is 0 Å². The van der Waals surface area contributed by atoms with Crippen LogP contribution in [0.25, 0.3) is 0 Å². The summed E-state index contributed by atoms with van der Waals surface area (Å²) in [5.74, 6) is 1.03. The van der Waals surface area contributed by atoms with Crippen molar-refractivity contribution in [1.29, 1.82) is 0 Å². The van der Waals surface area contributed by atoms with Crippen LogP contribution in [0.5, 0.6) is 0 Å². The van der Waals surface area contributed by atoms with Crippen molar-refractivity contribution in [2.45, 2.75) is 37.5 Å². The minimum atomic E-state index is -0.0715. The first kappa shape index (κ1) is 20.6. The van der Waals surface area contributed by atoms with Gasteiger partial charge in [-0.2, -0.15) is 0 Å². The molecule has 2 atom stereocenters. The van der Waals surface area contributed by atoms with E-state index in [4.69, 9.17) is 4.42 Å². The highest BCUT2D eigenvalue weighted by Crippen LogP contribution is 2.22. The maximum absolute atomic E-state index is 12.2. The highest BCUT2D eigenvalue weighted by molar-refractivity contribution is 9.10. The number of hydrogen-bond acceptors (Lipinski definition) is 5. The SMILES string of the molecule is CC(Cc1nnc(SCC(=O)NC(C)c2ccc(Br)cc2)o1)c1ccccc1. The van der Waals surface area contributed by atoms with Gasteiger partial charge in [0.15, 0.2) is 0 Å². The Morgan fingerprint density at radius 2 is 1.79 bits per heavy atom. The van der Waals surface area contributed by atoms with Gasteiger partial charge in [0.05, 0.1) is 11.8 Å². The summed E-state index contributed by atoms with van der Waals surface area (Å²) in [7, 11) is 0. The van der Waals surface area contributed by atoms with Gasteiger partial charge in [0, 0.05) is 10.9 Å². The lowest BCUT2D eigenvalue weighted by atomic mass is 9.98. The number of nitrogens with one attached hydrogen (secondary N) is 1. The van der Waals surface area contributed by atoms with E-state index in [0.29, 0.717) is 17.5 Å². The predicted octanol–water partition coefficient (Wildman–Crippen LogP) is 5.15. The molecular weight excluding hydrogens is 438 g/mol. The fourth-order valence-electron chi connectivity index (χ4n) is 2.79. The van der Waals surface area contributed by atoms with Crippen LogP contribution in [-0.2, 0) is 11.2 Å². The van der Waals surface area contributed by atoms with E-state index in [2.05, 4.69) is 50.5 Å². The second kappa shape index (κ2) is 9.89. The minimum Gasteiger partial charge on any atom is -0.416 e. The molecule has 0 aliphatic rings. The summed E-state index contributed by atoms with van der Waals surface area (Å²) in [6.45, 7) is 4.09. The van der Waals surface area contributed by atoms with Crippen LogP contribution in [0.2, 0.25) is 0 Å². The van der Waals surface area contributed by atoms with E-state index >= 15 is 0 Å². The number of rotatable bonds is 8. The van der Waals surface area contributed by atoms with E-state index in [0.717, 1.165) is 10.0 Å². The first-order valence-corrected chi connectivity index (χ1v) is 10.8. The van der Waals surface area contributed by atoms with Crippen LogP contribution in [0.3, 0.4) is 0 Å². The molecule has 1 aromatic heterocycles. The molecule has 0 spiro atoms. The van der Waals surface area contributed by atoms with Crippen molar-refractivity contribution >= 4 is 33.6 Å². The molecule has 3 aromatic rings. The molecule has 0 saturated carbocycles. The summed E-state index contributed by atoms with van der Waals surface area (Å²) >= 11 is 4.66. The topological polar surface area (TPSA) is 68.0 Å². The van der Waals surface area contributed by atoms with Crippen LogP contribution in [0.1, 0.15) is 42.8 Å². The first-order valence-electron chi connectivity index (χ1n) is 9.06. The van der Waals surface area contributed by atoms with E-state index in [-0.39, 0.29) is 23.6 Å². The molecule has 0 aliphatic carbocycles. The molecule has 2 unspecified atom stereocenters. The quantitative estimate of drug-likeness (QED) is 0.471. The zero-order valence-electron chi connectivity index (χ0n) is 15.8. The normalized spacial score (nSPS) is 13.1. The highest BCUT2D eigenvalue weighted by atomic mass is 79.9. The lowest BCUT2D eigenvalue weighted by Crippen LogP contribution is -2.28. The van der Waals surface area contributed by atoms with Crippen molar-refractivity contribution in [1.82, 2.24) is 15.5 Å². The number of hydrogen-bond donors (Lipinski definition) is 1. The van der Waals surface area contributed by atoms with Crippen LogP contribution < -0.4 is 5.32 Å². The predicted molar refractivity (Wildman–Crippen MR) is 114 cm³/mol. The van der Waals surface area contributed by atoms with Gasteiger partial charge < -0.3 is 9.73 Å². The molecule has 0 fully saturated rings. The third-order valence-electron chi connectivity index (χ3n) is 4.37. The fourth-order valence-corrected chi connectivity index (χ4v) is 3.64. The second-order valence-electron chi connectivity index (χ2n) is 6.61. The molecule has 0 radical (unpaired) electrons. The van der Waals surface area contributed by atoms with Gasteiger partial charge in [-0.25, -0.2) is 0 Å². The van der Waals surface area contributed by atoms with E-state index < -0.39 is 0 Å². The van der Waals surface area contributed by atoms with Crippen molar-refractivity contribution in [3.05, 3.63) is 76.1 Å². The number of benzene rings is 2. The smallest absolute Gasteiger partial charge is 0.277 e. The molecule has 146 valence electrons. The van der Waals surface area contributed by atoms with Crippen molar-refractivity contribution in [3.8, 4) is 0 Å². The molecule has 2 aromatic carbocycles. The van der Waals surface area contributed by atoms with Gasteiger partial charge in [0.1, 0.15) is 0 Å². The summed E-state index contributed by atoms with van der Waals surface area (Å²) in [6, 6.07) is 18.1. The van der Waals surface area contributed by atoms with Crippen molar-refractivity contribution < 1.29 is 9.21 Å². The molecule has 1 N–H and O–H groups in total. The number of carbonyl (C=O) groups is 1. The Labute approximate surface area is 177 Å². The minimum absolute atomic E-state index is 0.0637. The van der Waals surface area contributed by atoms with Crippen molar-refractivity contribution in [3.63, 3.8) is 0 Å². The fraction of sp³-hybridized carbons (Fsp3) is 0.286. The molecule has 7 heteroatoms. The lowest BCUT2D eigenvalue weighted by Gasteiger charge is -2.13. The maximum Gasteiger partial charge on any atom is 0.277 e. The van der Waals surface area contributed by atoms with Crippen LogP contribution in [0, 0.1) is 0 Å². The third-order valence-corrected chi connectivity index (χ3v) is 5.72. The molecular formula is C21H22BrN3O2S. The van der Waals surface area contributed by atoms with Gasteiger partial charge in [-0.05, 0) is 36.1 Å². The Morgan fingerprint density at radius 3 is 2.50 bits per heavy atom. The Bertz CT molecular complexity index is 900. The lowest BCUT2D eigenvalue weighted by molar-refractivity contribution is -0.119. The van der Waals surface area contributed by atoms with Gasteiger partial charge in [0.25, 0.3) is 5.22 Å². The number of halogens is 1. The Balaban J connectivity index is 1.47. The maximum atomic E-state index is 12.2. The summed E-state index contributed by atoms with van der Waals surface area (Å²) in [5, 5.41) is 11.5. The van der Waals surface area contributed by atoms with Gasteiger partial charge in [-0.1, -0.05) is 77.1 Å². The van der Waals surface area contributed by atoms with Crippen LogP contribution in [0.4, 0.5) is 0 Å². The zero-order valence-corrected chi connectivity index (χ0v) is 18.2. The summed E-state index contributed by atoms with van der Waals surface area (Å²) < 4.78 is 6.70. The number of carbonyl (C=O) groups excluding carboxylic acids is 1. The summed E-state index contributed by atoms with van der Waals surface area (Å²) in [4.78, 5) is 12.2. The van der Waals surface area contributed by atoms with Gasteiger partial charge in [0.2, 0.25) is 11.8 Å². The first-order chi connectivity index (χ1) is 13.5. The second-order valence-corrected chi connectivity index (χ2v) is 8.45. The van der Waals surface area contributed by atoms with Crippen LogP contribution >= 0.6 is 27.7 Å². The molecule has 0 bridgehead atoms. The molecule has 0 aliphatic heterocycles. The third kappa shape index (κ3) is 5.94. The molecule has 0 saturated heterocycles. The average molecular weight is 460 g/mol. The van der Waals surface area contributed by atoms with E-state index in [9.17, 15) is 4.79 Å².